The number of para-hydroxylation sites is 2. The van der Waals surface area contributed by atoms with Crippen LogP contribution in [0, 0.1) is 0 Å². The average Bonchev–Trinajstić information content (AvgIpc) is 2.69. The van der Waals surface area contributed by atoms with Crippen LogP contribution in [0.2, 0.25) is 0 Å². The highest BCUT2D eigenvalue weighted by atomic mass is 127. The second kappa shape index (κ2) is 8.04. The van der Waals surface area contributed by atoms with Gasteiger partial charge in [-0.25, -0.2) is 0 Å². The molecule has 1 aliphatic rings. The van der Waals surface area contributed by atoms with Crippen molar-refractivity contribution in [3.63, 3.8) is 0 Å². The maximum atomic E-state index is 4.52. The normalized spacial score (nSPS) is 14.8. The smallest absolute Gasteiger partial charge is 0.0708 e. The van der Waals surface area contributed by atoms with Crippen LogP contribution >= 0.6 is 24.0 Å². The van der Waals surface area contributed by atoms with E-state index in [1.54, 1.807) is 0 Å². The SMILES string of the molecule is CCC(=C1C=CN(CC)c2ccccc21)c1ccnc2ccccc12.I. The zero-order chi connectivity index (χ0) is 17.2. The molecule has 3 heteroatoms. The number of anilines is 1. The van der Waals surface area contributed by atoms with E-state index < -0.39 is 0 Å². The van der Waals surface area contributed by atoms with E-state index in [0.717, 1.165) is 18.5 Å². The Kier molecular flexibility index (Phi) is 5.77. The maximum Gasteiger partial charge on any atom is 0.0708 e. The Morgan fingerprint density at radius 1 is 0.962 bits per heavy atom. The molecule has 0 radical (unpaired) electrons. The standard InChI is InChI=1S/C23H22N2.HI/c1-3-17(18-13-15-24-22-11-7-5-9-20(18)22)19-14-16-25(4-2)23-12-8-6-10-21(19)23;/h5-16H,3-4H2,1-2H3;1H. The largest absolute Gasteiger partial charge is 0.348 e. The van der Waals surface area contributed by atoms with Gasteiger partial charge in [-0.15, -0.1) is 24.0 Å². The van der Waals surface area contributed by atoms with Crippen molar-refractivity contribution < 1.29 is 0 Å². The number of benzene rings is 2. The lowest BCUT2D eigenvalue weighted by Crippen LogP contribution is -2.19. The third-order valence-electron chi connectivity index (χ3n) is 4.92. The second-order valence-corrected chi connectivity index (χ2v) is 6.24. The minimum absolute atomic E-state index is 0. The van der Waals surface area contributed by atoms with Gasteiger partial charge in [0.15, 0.2) is 0 Å². The van der Waals surface area contributed by atoms with Gasteiger partial charge in [-0.3, -0.25) is 4.98 Å². The van der Waals surface area contributed by atoms with Crippen molar-refractivity contribution in [3.05, 3.63) is 84.2 Å². The molecule has 0 bridgehead atoms. The van der Waals surface area contributed by atoms with Crippen LogP contribution in [-0.2, 0) is 0 Å². The first-order chi connectivity index (χ1) is 12.3. The third kappa shape index (κ3) is 3.16. The topological polar surface area (TPSA) is 16.1 Å². The number of hydrogen-bond donors (Lipinski definition) is 0. The Balaban J connectivity index is 0.00000196. The monoisotopic (exact) mass is 454 g/mol. The van der Waals surface area contributed by atoms with Gasteiger partial charge in [0.2, 0.25) is 0 Å². The average molecular weight is 454 g/mol. The first kappa shape index (κ1) is 18.6. The van der Waals surface area contributed by atoms with E-state index in [4.69, 9.17) is 0 Å². The lowest BCUT2D eigenvalue weighted by Gasteiger charge is -2.28. The lowest BCUT2D eigenvalue weighted by atomic mass is 9.89. The number of fused-ring (bicyclic) bond motifs is 2. The Bertz CT molecular complexity index is 983. The van der Waals surface area contributed by atoms with Crippen molar-refractivity contribution in [2.24, 2.45) is 0 Å². The van der Waals surface area contributed by atoms with Crippen molar-refractivity contribution in [2.45, 2.75) is 20.3 Å². The Morgan fingerprint density at radius 3 is 2.54 bits per heavy atom. The highest BCUT2D eigenvalue weighted by Crippen LogP contribution is 2.39. The molecule has 0 saturated carbocycles. The summed E-state index contributed by atoms with van der Waals surface area (Å²) in [6.07, 6.45) is 7.37. The maximum absolute atomic E-state index is 4.52. The molecule has 0 aliphatic carbocycles. The van der Waals surface area contributed by atoms with Crippen molar-refractivity contribution in [2.75, 3.05) is 11.4 Å². The van der Waals surface area contributed by atoms with Gasteiger partial charge in [-0.2, -0.15) is 0 Å². The van der Waals surface area contributed by atoms with E-state index in [2.05, 4.69) is 84.5 Å². The van der Waals surface area contributed by atoms with E-state index in [0.29, 0.717) is 0 Å². The van der Waals surface area contributed by atoms with Crippen LogP contribution in [0.4, 0.5) is 5.69 Å². The number of allylic oxidation sites excluding steroid dienone is 3. The van der Waals surface area contributed by atoms with E-state index in [9.17, 15) is 0 Å². The molecule has 0 unspecified atom stereocenters. The predicted octanol–water partition coefficient (Wildman–Crippen LogP) is 6.53. The summed E-state index contributed by atoms with van der Waals surface area (Å²) in [5.74, 6) is 0. The van der Waals surface area contributed by atoms with Gasteiger partial charge in [0.1, 0.15) is 0 Å². The van der Waals surface area contributed by atoms with Crippen molar-refractivity contribution in [1.82, 2.24) is 4.98 Å². The quantitative estimate of drug-likeness (QED) is 0.419. The van der Waals surface area contributed by atoms with Crippen LogP contribution in [0.15, 0.2) is 73.1 Å². The molecule has 1 aromatic heterocycles. The van der Waals surface area contributed by atoms with Crippen LogP contribution < -0.4 is 4.90 Å². The molecule has 1 aliphatic heterocycles. The van der Waals surface area contributed by atoms with Gasteiger partial charge in [0, 0.05) is 35.6 Å². The summed E-state index contributed by atoms with van der Waals surface area (Å²) in [6.45, 7) is 5.40. The van der Waals surface area contributed by atoms with Crippen LogP contribution in [-0.4, -0.2) is 11.5 Å². The first-order valence-corrected chi connectivity index (χ1v) is 8.95. The molecule has 2 heterocycles. The number of aromatic nitrogens is 1. The van der Waals surface area contributed by atoms with E-state index >= 15 is 0 Å². The summed E-state index contributed by atoms with van der Waals surface area (Å²) in [5, 5.41) is 1.22. The number of nitrogens with zero attached hydrogens (tertiary/aromatic N) is 2. The van der Waals surface area contributed by atoms with Crippen LogP contribution in [0.3, 0.4) is 0 Å². The number of rotatable bonds is 3. The van der Waals surface area contributed by atoms with E-state index in [-0.39, 0.29) is 24.0 Å². The molecule has 4 rings (SSSR count). The van der Waals surface area contributed by atoms with Gasteiger partial charge in [-0.1, -0.05) is 43.3 Å². The minimum atomic E-state index is 0. The summed E-state index contributed by atoms with van der Waals surface area (Å²) in [7, 11) is 0. The number of halogens is 1. The predicted molar refractivity (Wildman–Crippen MR) is 123 cm³/mol. The molecule has 2 nitrogen and oxygen atoms in total. The first-order valence-electron chi connectivity index (χ1n) is 8.95. The fourth-order valence-corrected chi connectivity index (χ4v) is 3.71. The zero-order valence-corrected chi connectivity index (χ0v) is 17.5. The van der Waals surface area contributed by atoms with Crippen LogP contribution in [0.1, 0.15) is 31.4 Å². The van der Waals surface area contributed by atoms with Gasteiger partial charge in [0.25, 0.3) is 0 Å². The van der Waals surface area contributed by atoms with Crippen LogP contribution in [0.25, 0.3) is 22.0 Å². The minimum Gasteiger partial charge on any atom is -0.348 e. The van der Waals surface area contributed by atoms with Crippen molar-refractivity contribution in [3.8, 4) is 0 Å². The highest BCUT2D eigenvalue weighted by Gasteiger charge is 2.18. The molecule has 0 N–H and O–H groups in total. The second-order valence-electron chi connectivity index (χ2n) is 6.24. The molecule has 2 aromatic carbocycles. The Labute approximate surface area is 172 Å². The number of pyridine rings is 1. The summed E-state index contributed by atoms with van der Waals surface area (Å²) < 4.78 is 0. The van der Waals surface area contributed by atoms with Gasteiger partial charge < -0.3 is 4.90 Å². The summed E-state index contributed by atoms with van der Waals surface area (Å²) in [6, 6.07) is 19.2. The zero-order valence-electron chi connectivity index (χ0n) is 15.1. The van der Waals surface area contributed by atoms with Gasteiger partial charge >= 0.3 is 0 Å². The fourth-order valence-electron chi connectivity index (χ4n) is 3.71. The van der Waals surface area contributed by atoms with Crippen LogP contribution in [0.5, 0.6) is 0 Å². The third-order valence-corrected chi connectivity index (χ3v) is 4.92. The van der Waals surface area contributed by atoms with E-state index in [1.165, 1.54) is 33.3 Å². The molecule has 0 amide bonds. The Morgan fingerprint density at radius 2 is 1.73 bits per heavy atom. The fraction of sp³-hybridized carbons (Fsp3) is 0.174. The molecular weight excluding hydrogens is 431 g/mol. The summed E-state index contributed by atoms with van der Waals surface area (Å²) >= 11 is 0. The summed E-state index contributed by atoms with van der Waals surface area (Å²) in [4.78, 5) is 6.83. The molecule has 26 heavy (non-hydrogen) atoms. The molecule has 3 aromatic rings. The van der Waals surface area contributed by atoms with Gasteiger partial charge in [-0.05, 0) is 54.3 Å². The van der Waals surface area contributed by atoms with Crippen molar-refractivity contribution in [1.29, 1.82) is 0 Å². The van der Waals surface area contributed by atoms with Gasteiger partial charge in [0.05, 0.1) is 5.52 Å². The number of hydrogen-bond acceptors (Lipinski definition) is 2. The summed E-state index contributed by atoms with van der Waals surface area (Å²) in [5.41, 5.74) is 7.62. The molecule has 0 spiro atoms. The van der Waals surface area contributed by atoms with E-state index in [1.807, 2.05) is 12.3 Å². The molecular formula is C23H23IN2. The highest BCUT2D eigenvalue weighted by molar-refractivity contribution is 14.0. The molecule has 132 valence electrons. The molecule has 0 atom stereocenters. The molecule has 0 saturated heterocycles. The molecule has 0 fully saturated rings. The Hall–Kier alpha value is -2.14. The lowest BCUT2D eigenvalue weighted by molar-refractivity contribution is 1.01. The van der Waals surface area contributed by atoms with Crippen molar-refractivity contribution >= 4 is 51.7 Å².